The first kappa shape index (κ1) is 18.3. The highest BCUT2D eigenvalue weighted by Gasteiger charge is 2.28. The summed E-state index contributed by atoms with van der Waals surface area (Å²) in [6.07, 6.45) is 0.846. The third kappa shape index (κ3) is 4.38. The van der Waals surface area contributed by atoms with Gasteiger partial charge in [-0.3, -0.25) is 9.59 Å². The molecule has 0 spiro atoms. The van der Waals surface area contributed by atoms with Crippen LogP contribution in [0.1, 0.15) is 17.5 Å². The van der Waals surface area contributed by atoms with Crippen molar-refractivity contribution >= 4 is 29.3 Å². The normalized spacial score (nSPS) is 15.8. The van der Waals surface area contributed by atoms with E-state index in [1.165, 1.54) is 11.8 Å². The number of carbonyl (C=O) groups excluding carboxylic acids is 2. The number of thioether (sulfide) groups is 1. The molecule has 1 heterocycles. The monoisotopic (exact) mass is 370 g/mol. The molecule has 5 nitrogen and oxygen atoms in total. The second-order valence-corrected chi connectivity index (χ2v) is 7.46. The fourth-order valence-corrected chi connectivity index (χ4v) is 4.02. The van der Waals surface area contributed by atoms with Gasteiger partial charge in [-0.05, 0) is 37.1 Å². The highest BCUT2D eigenvalue weighted by Crippen LogP contribution is 2.36. The number of ether oxygens (including phenoxy) is 1. The second-order valence-electron chi connectivity index (χ2n) is 6.21. The van der Waals surface area contributed by atoms with Gasteiger partial charge in [-0.2, -0.15) is 0 Å². The summed E-state index contributed by atoms with van der Waals surface area (Å²) in [6.45, 7) is 2.53. The van der Waals surface area contributed by atoms with Crippen LogP contribution < -0.4 is 15.4 Å². The molecule has 1 atom stereocenters. The number of rotatable bonds is 6. The van der Waals surface area contributed by atoms with Crippen molar-refractivity contribution in [3.8, 4) is 5.75 Å². The van der Waals surface area contributed by atoms with E-state index in [4.69, 9.17) is 4.74 Å². The number of carbonyl (C=O) groups is 2. The van der Waals surface area contributed by atoms with Crippen molar-refractivity contribution in [1.82, 2.24) is 5.32 Å². The molecule has 0 fully saturated rings. The van der Waals surface area contributed by atoms with Crippen LogP contribution in [0.4, 0.5) is 5.69 Å². The van der Waals surface area contributed by atoms with Gasteiger partial charge >= 0.3 is 0 Å². The first-order valence-electron chi connectivity index (χ1n) is 8.53. The minimum absolute atomic E-state index is 0.121. The Morgan fingerprint density at radius 3 is 2.88 bits per heavy atom. The molecule has 0 bridgehead atoms. The maximum absolute atomic E-state index is 12.2. The first-order chi connectivity index (χ1) is 12.6. The fourth-order valence-electron chi connectivity index (χ4n) is 2.91. The predicted molar refractivity (Wildman–Crippen MR) is 104 cm³/mol. The van der Waals surface area contributed by atoms with Crippen LogP contribution in [-0.2, 0) is 16.0 Å². The van der Waals surface area contributed by atoms with E-state index in [1.807, 2.05) is 43.3 Å². The number of aryl methyl sites for hydroxylation is 1. The molecule has 2 aromatic carbocycles. The highest BCUT2D eigenvalue weighted by atomic mass is 32.2. The van der Waals surface area contributed by atoms with Crippen molar-refractivity contribution in [2.24, 2.45) is 0 Å². The zero-order valence-corrected chi connectivity index (χ0v) is 15.7. The number of hydrogen-bond donors (Lipinski definition) is 2. The summed E-state index contributed by atoms with van der Waals surface area (Å²) in [5.74, 6) is 0.580. The van der Waals surface area contributed by atoms with Crippen LogP contribution in [0.5, 0.6) is 5.75 Å². The Hall–Kier alpha value is -2.47. The van der Waals surface area contributed by atoms with Gasteiger partial charge in [0, 0.05) is 17.9 Å². The van der Waals surface area contributed by atoms with Gasteiger partial charge in [0.05, 0.1) is 18.0 Å². The van der Waals surface area contributed by atoms with Crippen molar-refractivity contribution in [3.63, 3.8) is 0 Å². The molecule has 1 unspecified atom stereocenters. The van der Waals surface area contributed by atoms with E-state index in [0.29, 0.717) is 13.0 Å². The second kappa shape index (κ2) is 8.27. The van der Waals surface area contributed by atoms with E-state index < -0.39 is 5.25 Å². The molecule has 0 saturated heterocycles. The quantitative estimate of drug-likeness (QED) is 0.820. The molecule has 0 radical (unpaired) electrons. The number of para-hydroxylation sites is 1. The van der Waals surface area contributed by atoms with Crippen LogP contribution in [-0.4, -0.2) is 30.7 Å². The summed E-state index contributed by atoms with van der Waals surface area (Å²) in [6, 6.07) is 13.6. The Bertz CT molecular complexity index is 822. The van der Waals surface area contributed by atoms with Gasteiger partial charge in [0.15, 0.2) is 0 Å². The Morgan fingerprint density at radius 1 is 1.27 bits per heavy atom. The lowest BCUT2D eigenvalue weighted by molar-refractivity contribution is -0.124. The predicted octanol–water partition coefficient (Wildman–Crippen LogP) is 3.17. The number of anilines is 1. The summed E-state index contributed by atoms with van der Waals surface area (Å²) in [5, 5.41) is 5.36. The fraction of sp³-hybridized carbons (Fsp3) is 0.300. The van der Waals surface area contributed by atoms with E-state index in [1.54, 1.807) is 7.11 Å². The molecule has 136 valence electrons. The zero-order chi connectivity index (χ0) is 18.5. The number of nitrogens with one attached hydrogen (secondary N) is 2. The minimum atomic E-state index is -0.404. The van der Waals surface area contributed by atoms with Crippen molar-refractivity contribution in [2.45, 2.75) is 29.9 Å². The lowest BCUT2D eigenvalue weighted by atomic mass is 10.1. The highest BCUT2D eigenvalue weighted by molar-refractivity contribution is 8.01. The van der Waals surface area contributed by atoms with Crippen LogP contribution >= 0.6 is 11.8 Å². The smallest absolute Gasteiger partial charge is 0.238 e. The van der Waals surface area contributed by atoms with Crippen LogP contribution in [0.25, 0.3) is 0 Å². The summed E-state index contributed by atoms with van der Waals surface area (Å²) >= 11 is 1.44. The third-order valence-corrected chi connectivity index (χ3v) is 5.50. The molecule has 0 saturated carbocycles. The Balaban J connectivity index is 1.52. The van der Waals surface area contributed by atoms with E-state index in [2.05, 4.69) is 16.7 Å². The van der Waals surface area contributed by atoms with Crippen molar-refractivity contribution in [1.29, 1.82) is 0 Å². The topological polar surface area (TPSA) is 67.4 Å². The zero-order valence-electron chi connectivity index (χ0n) is 14.9. The molecule has 0 aromatic heterocycles. The number of hydrogen-bond acceptors (Lipinski definition) is 4. The number of methoxy groups -OCH3 is 1. The summed E-state index contributed by atoms with van der Waals surface area (Å²) in [7, 11) is 1.64. The van der Waals surface area contributed by atoms with Crippen molar-refractivity contribution in [3.05, 3.63) is 53.6 Å². The average molecular weight is 370 g/mol. The molecular weight excluding hydrogens is 348 g/mol. The molecule has 1 aliphatic rings. The SMILES string of the molecule is COc1ccc(C)cc1CCNC(=O)CC1Sc2ccccc2NC1=O. The average Bonchev–Trinajstić information content (AvgIpc) is 2.62. The summed E-state index contributed by atoms with van der Waals surface area (Å²) < 4.78 is 5.36. The molecular formula is C20H22N2O3S. The summed E-state index contributed by atoms with van der Waals surface area (Å²) in [5.41, 5.74) is 3.03. The number of amides is 2. The molecule has 2 aromatic rings. The van der Waals surface area contributed by atoms with Crippen LogP contribution in [0.2, 0.25) is 0 Å². The van der Waals surface area contributed by atoms with Gasteiger partial charge < -0.3 is 15.4 Å². The number of benzene rings is 2. The van der Waals surface area contributed by atoms with Crippen LogP contribution in [0.15, 0.2) is 47.4 Å². The van der Waals surface area contributed by atoms with Crippen molar-refractivity contribution < 1.29 is 14.3 Å². The van der Waals surface area contributed by atoms with Crippen LogP contribution in [0, 0.1) is 6.92 Å². The van der Waals surface area contributed by atoms with Gasteiger partial charge in [0.2, 0.25) is 11.8 Å². The molecule has 1 aliphatic heterocycles. The molecule has 2 amide bonds. The minimum Gasteiger partial charge on any atom is -0.496 e. The Labute approximate surface area is 157 Å². The molecule has 3 rings (SSSR count). The lowest BCUT2D eigenvalue weighted by Gasteiger charge is -2.23. The molecule has 26 heavy (non-hydrogen) atoms. The van der Waals surface area contributed by atoms with E-state index in [9.17, 15) is 9.59 Å². The summed E-state index contributed by atoms with van der Waals surface area (Å²) in [4.78, 5) is 25.4. The lowest BCUT2D eigenvalue weighted by Crippen LogP contribution is -2.35. The molecule has 2 N–H and O–H groups in total. The van der Waals surface area contributed by atoms with Gasteiger partial charge in [-0.1, -0.05) is 29.8 Å². The maximum atomic E-state index is 12.2. The van der Waals surface area contributed by atoms with Gasteiger partial charge in [-0.25, -0.2) is 0 Å². The standard InChI is InChI=1S/C20H22N2O3S/c1-13-7-8-16(25-2)14(11-13)9-10-21-19(23)12-18-20(24)22-15-5-3-4-6-17(15)26-18/h3-8,11,18H,9-10,12H2,1-2H3,(H,21,23)(H,22,24). The Morgan fingerprint density at radius 2 is 2.08 bits per heavy atom. The van der Waals surface area contributed by atoms with E-state index >= 15 is 0 Å². The van der Waals surface area contributed by atoms with Crippen molar-refractivity contribution in [2.75, 3.05) is 19.0 Å². The van der Waals surface area contributed by atoms with Gasteiger partial charge in [0.25, 0.3) is 0 Å². The van der Waals surface area contributed by atoms with E-state index in [0.717, 1.165) is 27.5 Å². The first-order valence-corrected chi connectivity index (χ1v) is 9.41. The van der Waals surface area contributed by atoms with Gasteiger partial charge in [-0.15, -0.1) is 11.8 Å². The largest absolute Gasteiger partial charge is 0.496 e. The molecule has 6 heteroatoms. The maximum Gasteiger partial charge on any atom is 0.238 e. The number of fused-ring (bicyclic) bond motifs is 1. The van der Waals surface area contributed by atoms with Crippen LogP contribution in [0.3, 0.4) is 0 Å². The third-order valence-electron chi connectivity index (χ3n) is 4.23. The Kier molecular flexibility index (Phi) is 5.83. The molecule has 0 aliphatic carbocycles. The van der Waals surface area contributed by atoms with Gasteiger partial charge in [0.1, 0.15) is 5.75 Å². The van der Waals surface area contributed by atoms with E-state index in [-0.39, 0.29) is 18.2 Å².